The fourth-order valence-electron chi connectivity index (χ4n) is 2.45. The molecule has 2 rings (SSSR count). The third-order valence-electron chi connectivity index (χ3n) is 3.00. The maximum Gasteiger partial charge on any atom is 0.320 e. The first-order valence-electron chi connectivity index (χ1n) is 4.84. The van der Waals surface area contributed by atoms with E-state index in [-0.39, 0.29) is 23.7 Å². The van der Waals surface area contributed by atoms with Crippen LogP contribution < -0.4 is 0 Å². The zero-order valence-electron chi connectivity index (χ0n) is 8.46. The van der Waals surface area contributed by atoms with Crippen LogP contribution in [0.15, 0.2) is 0 Å². The number of likely N-dealkylation sites (N-methyl/N-ethyl adjacent to an activating group) is 1. The van der Waals surface area contributed by atoms with Crippen LogP contribution in [0.4, 0.5) is 4.79 Å². The van der Waals surface area contributed by atoms with Crippen molar-refractivity contribution in [2.24, 2.45) is 5.92 Å². The topological polar surface area (TPSA) is 77.9 Å². The van der Waals surface area contributed by atoms with Gasteiger partial charge in [-0.25, -0.2) is 4.79 Å². The summed E-state index contributed by atoms with van der Waals surface area (Å²) in [4.78, 5) is 14.9. The molecular weight excluding hydrogens is 220 g/mol. The van der Waals surface area contributed by atoms with Crippen molar-refractivity contribution < 1.29 is 17.8 Å². The molecule has 0 aliphatic carbocycles. The van der Waals surface area contributed by atoms with Gasteiger partial charge in [-0.05, 0) is 12.3 Å². The highest BCUT2D eigenvalue weighted by Crippen LogP contribution is 2.29. The zero-order valence-corrected chi connectivity index (χ0v) is 9.27. The molecule has 86 valence electrons. The van der Waals surface area contributed by atoms with E-state index in [1.54, 1.807) is 16.8 Å². The van der Waals surface area contributed by atoms with Gasteiger partial charge >= 0.3 is 6.03 Å². The minimum absolute atomic E-state index is 0.0437. The average Bonchev–Trinajstić information content (AvgIpc) is 2.52. The van der Waals surface area contributed by atoms with Crippen LogP contribution in [0, 0.1) is 5.92 Å². The summed E-state index contributed by atoms with van der Waals surface area (Å²) in [7, 11) is -2.19. The minimum Gasteiger partial charge on any atom is -0.326 e. The molecule has 6 nitrogen and oxygen atoms in total. The molecule has 2 amide bonds. The van der Waals surface area contributed by atoms with E-state index in [1.807, 2.05) is 0 Å². The predicted octanol–water partition coefficient (Wildman–Crippen LogP) is -0.370. The SMILES string of the molecule is CN1C[C@@H]2C[C@@H](CS(=O)(=O)O)CN2C1=O. The van der Waals surface area contributed by atoms with Crippen molar-refractivity contribution >= 4 is 16.1 Å². The molecule has 0 unspecified atom stereocenters. The van der Waals surface area contributed by atoms with Gasteiger partial charge in [-0.1, -0.05) is 0 Å². The number of fused-ring (bicyclic) bond motifs is 1. The van der Waals surface area contributed by atoms with E-state index in [9.17, 15) is 13.2 Å². The molecule has 2 fully saturated rings. The van der Waals surface area contributed by atoms with Gasteiger partial charge in [0, 0.05) is 20.1 Å². The third-order valence-corrected chi connectivity index (χ3v) is 3.90. The normalized spacial score (nSPS) is 31.2. The van der Waals surface area contributed by atoms with Gasteiger partial charge in [0.1, 0.15) is 0 Å². The Morgan fingerprint density at radius 2 is 2.13 bits per heavy atom. The molecule has 15 heavy (non-hydrogen) atoms. The molecule has 1 N–H and O–H groups in total. The Kier molecular flexibility index (Phi) is 2.38. The van der Waals surface area contributed by atoms with Crippen LogP contribution in [0.1, 0.15) is 6.42 Å². The summed E-state index contributed by atoms with van der Waals surface area (Å²) in [5.74, 6) is -0.362. The largest absolute Gasteiger partial charge is 0.326 e. The van der Waals surface area contributed by atoms with Crippen LogP contribution in [0.5, 0.6) is 0 Å². The van der Waals surface area contributed by atoms with E-state index in [0.717, 1.165) is 0 Å². The number of hydrogen-bond donors (Lipinski definition) is 1. The zero-order chi connectivity index (χ0) is 11.2. The molecule has 2 atom stereocenters. The second kappa shape index (κ2) is 3.34. The molecule has 0 aromatic carbocycles. The first kappa shape index (κ1) is 10.7. The van der Waals surface area contributed by atoms with Gasteiger partial charge in [-0.3, -0.25) is 4.55 Å². The van der Waals surface area contributed by atoms with Crippen molar-refractivity contribution in [1.29, 1.82) is 0 Å². The van der Waals surface area contributed by atoms with Crippen molar-refractivity contribution in [3.8, 4) is 0 Å². The number of hydrogen-bond acceptors (Lipinski definition) is 3. The summed E-state index contributed by atoms with van der Waals surface area (Å²) in [5, 5.41) is 0. The molecule has 2 aliphatic heterocycles. The van der Waals surface area contributed by atoms with Crippen LogP contribution in [-0.4, -0.2) is 60.7 Å². The lowest BCUT2D eigenvalue weighted by Gasteiger charge is -2.14. The first-order chi connectivity index (χ1) is 6.87. The van der Waals surface area contributed by atoms with Gasteiger partial charge in [0.15, 0.2) is 0 Å². The standard InChI is InChI=1S/C8H14N2O4S/c1-9-4-7-2-6(5-15(12,13)14)3-10(7)8(9)11/h6-7H,2-5H2,1H3,(H,12,13,14)/t6-,7+/m1/s1. The molecule has 2 saturated heterocycles. The van der Waals surface area contributed by atoms with Gasteiger partial charge in [0.25, 0.3) is 10.1 Å². The Morgan fingerprint density at radius 1 is 1.47 bits per heavy atom. The smallest absolute Gasteiger partial charge is 0.320 e. The average molecular weight is 234 g/mol. The summed E-state index contributed by atoms with van der Waals surface area (Å²) < 4.78 is 30.1. The Bertz CT molecular complexity index is 380. The highest BCUT2D eigenvalue weighted by atomic mass is 32.2. The van der Waals surface area contributed by atoms with E-state index < -0.39 is 10.1 Å². The number of nitrogens with zero attached hydrogens (tertiary/aromatic N) is 2. The monoisotopic (exact) mass is 234 g/mol. The van der Waals surface area contributed by atoms with Gasteiger partial charge in [-0.15, -0.1) is 0 Å². The van der Waals surface area contributed by atoms with Crippen LogP contribution in [0.2, 0.25) is 0 Å². The van der Waals surface area contributed by atoms with Crippen LogP contribution in [0.3, 0.4) is 0 Å². The molecule has 2 heterocycles. The molecular formula is C8H14N2O4S. The lowest BCUT2D eigenvalue weighted by molar-refractivity contribution is 0.198. The van der Waals surface area contributed by atoms with Crippen LogP contribution >= 0.6 is 0 Å². The minimum atomic E-state index is -3.92. The maximum absolute atomic E-state index is 11.5. The molecule has 0 aromatic rings. The highest BCUT2D eigenvalue weighted by Gasteiger charge is 2.43. The molecule has 7 heteroatoms. The Morgan fingerprint density at radius 3 is 2.67 bits per heavy atom. The highest BCUT2D eigenvalue weighted by molar-refractivity contribution is 7.85. The summed E-state index contributed by atoms with van der Waals surface area (Å²) >= 11 is 0. The summed E-state index contributed by atoms with van der Waals surface area (Å²) in [5.41, 5.74) is 0. The Hall–Kier alpha value is -0.820. The fourth-order valence-corrected chi connectivity index (χ4v) is 3.29. The van der Waals surface area contributed by atoms with Crippen LogP contribution in [-0.2, 0) is 10.1 Å². The molecule has 0 radical (unpaired) electrons. The van der Waals surface area contributed by atoms with Crippen molar-refractivity contribution in [2.75, 3.05) is 25.9 Å². The lowest BCUT2D eigenvalue weighted by Crippen LogP contribution is -2.31. The van der Waals surface area contributed by atoms with E-state index in [0.29, 0.717) is 19.5 Å². The van der Waals surface area contributed by atoms with Crippen molar-refractivity contribution in [3.63, 3.8) is 0 Å². The fraction of sp³-hybridized carbons (Fsp3) is 0.875. The van der Waals surface area contributed by atoms with E-state index >= 15 is 0 Å². The van der Waals surface area contributed by atoms with Gasteiger partial charge in [-0.2, -0.15) is 8.42 Å². The number of rotatable bonds is 2. The van der Waals surface area contributed by atoms with Crippen molar-refractivity contribution in [2.45, 2.75) is 12.5 Å². The summed E-state index contributed by atoms with van der Waals surface area (Å²) in [6.45, 7) is 1.09. The lowest BCUT2D eigenvalue weighted by atomic mass is 10.1. The summed E-state index contributed by atoms with van der Waals surface area (Å²) in [6, 6.07) is 0.0760. The second-order valence-electron chi connectivity index (χ2n) is 4.32. The number of carbonyl (C=O) groups excluding carboxylic acids is 1. The Labute approximate surface area is 88.6 Å². The van der Waals surface area contributed by atoms with Gasteiger partial charge in [0.2, 0.25) is 0 Å². The predicted molar refractivity (Wildman–Crippen MR) is 53.0 cm³/mol. The summed E-state index contributed by atoms with van der Waals surface area (Å²) in [6.07, 6.45) is 0.663. The van der Waals surface area contributed by atoms with E-state index in [1.165, 1.54) is 0 Å². The number of carbonyl (C=O) groups is 1. The molecule has 0 bridgehead atoms. The Balaban J connectivity index is 2.01. The second-order valence-corrected chi connectivity index (χ2v) is 5.82. The number of amides is 2. The molecule has 0 saturated carbocycles. The third kappa shape index (κ3) is 2.07. The number of urea groups is 1. The molecule has 0 spiro atoms. The first-order valence-corrected chi connectivity index (χ1v) is 6.44. The van der Waals surface area contributed by atoms with E-state index in [4.69, 9.17) is 4.55 Å². The van der Waals surface area contributed by atoms with Gasteiger partial charge in [0.05, 0.1) is 11.8 Å². The van der Waals surface area contributed by atoms with Crippen molar-refractivity contribution in [3.05, 3.63) is 0 Å². The van der Waals surface area contributed by atoms with E-state index in [2.05, 4.69) is 0 Å². The van der Waals surface area contributed by atoms with Crippen molar-refractivity contribution in [1.82, 2.24) is 9.80 Å². The van der Waals surface area contributed by atoms with Crippen LogP contribution in [0.25, 0.3) is 0 Å². The molecule has 0 aromatic heterocycles. The molecule has 2 aliphatic rings. The maximum atomic E-state index is 11.5. The quantitative estimate of drug-likeness (QED) is 0.661. The van der Waals surface area contributed by atoms with Gasteiger partial charge < -0.3 is 9.80 Å².